The molecule has 0 saturated carbocycles. The second kappa shape index (κ2) is 30.2. The third-order valence-corrected chi connectivity index (χ3v) is 12.8. The van der Waals surface area contributed by atoms with Crippen molar-refractivity contribution >= 4 is 35.3 Å². The molecule has 13 nitrogen and oxygen atoms in total. The number of hydrogen-bond acceptors (Lipinski definition) is 13. The normalized spacial score (nSPS) is 23.8. The van der Waals surface area contributed by atoms with E-state index in [4.69, 9.17) is 18.9 Å². The molecule has 4 unspecified atom stereocenters. The van der Waals surface area contributed by atoms with E-state index in [0.29, 0.717) is 24.5 Å². The van der Waals surface area contributed by atoms with Crippen LogP contribution in [0.5, 0.6) is 0 Å². The SMILES string of the molecule is CC(CCCCCCCCCCCCCNC(=O)CCCSSCC(O)CO)CCCC(C)CCOP(=O)(O)O[C@@H]1O[C@H](CO)[C@@H](O)[C@H](O)[C@@H]1O. The zero-order chi connectivity index (χ0) is 37.9. The van der Waals surface area contributed by atoms with Gasteiger partial charge in [0.15, 0.2) is 6.29 Å². The van der Waals surface area contributed by atoms with Crippen LogP contribution in [0.2, 0.25) is 0 Å². The molecule has 1 heterocycles. The van der Waals surface area contributed by atoms with Crippen LogP contribution >= 0.6 is 29.4 Å². The van der Waals surface area contributed by atoms with E-state index in [1.165, 1.54) is 75.0 Å². The summed E-state index contributed by atoms with van der Waals surface area (Å²) in [4.78, 5) is 21.9. The number of rotatable bonds is 33. The Bertz CT molecular complexity index is 911. The highest BCUT2D eigenvalue weighted by molar-refractivity contribution is 8.76. The Morgan fingerprint density at radius 2 is 1.35 bits per heavy atom. The maximum Gasteiger partial charge on any atom is 0.474 e. The average Bonchev–Trinajstić information content (AvgIpc) is 3.09. The van der Waals surface area contributed by atoms with Gasteiger partial charge in [0.1, 0.15) is 24.4 Å². The molecule has 0 spiro atoms. The van der Waals surface area contributed by atoms with Crippen LogP contribution in [0.25, 0.3) is 0 Å². The number of phosphoric ester groups is 1. The van der Waals surface area contributed by atoms with Crippen molar-refractivity contribution in [3.63, 3.8) is 0 Å². The standard InChI is InChI=1S/C35H70NO12PS2/c1-27(17-14-18-28(2)20-22-46-49(44,45)48-35-34(43)33(42)32(41)30(25-38)47-35)16-12-10-8-6-4-3-5-7-9-11-13-21-36-31(40)19-15-23-50-51-26-29(39)24-37/h27-30,32-35,37-39,41-43H,3-26H2,1-2H3,(H,36,40)(H,44,45)/t27?,28?,29?,30-,32-,33+,34+,35+/m1/s1. The van der Waals surface area contributed by atoms with Crippen LogP contribution in [0.1, 0.15) is 129 Å². The van der Waals surface area contributed by atoms with Gasteiger partial charge in [0.05, 0.1) is 25.9 Å². The van der Waals surface area contributed by atoms with Gasteiger partial charge in [0.2, 0.25) is 5.91 Å². The molecule has 1 rings (SSSR count). The van der Waals surface area contributed by atoms with Crippen molar-refractivity contribution < 1.29 is 58.7 Å². The Morgan fingerprint density at radius 1 is 0.784 bits per heavy atom. The van der Waals surface area contributed by atoms with Crippen molar-refractivity contribution in [2.45, 2.75) is 166 Å². The summed E-state index contributed by atoms with van der Waals surface area (Å²) in [6, 6.07) is 0. The molecule has 0 radical (unpaired) electrons. The molecule has 16 heteroatoms. The van der Waals surface area contributed by atoms with Crippen LogP contribution < -0.4 is 5.32 Å². The van der Waals surface area contributed by atoms with E-state index >= 15 is 0 Å². The Hall–Kier alpha value is -0.000000000000000125. The largest absolute Gasteiger partial charge is 0.474 e. The number of ether oxygens (including phenoxy) is 1. The number of nitrogens with one attached hydrogen (secondary N) is 1. The molecule has 9 atom stereocenters. The van der Waals surface area contributed by atoms with Crippen molar-refractivity contribution in [2.24, 2.45) is 11.8 Å². The Morgan fingerprint density at radius 3 is 1.96 bits per heavy atom. The number of unbranched alkanes of at least 4 members (excludes halogenated alkanes) is 10. The number of aliphatic hydroxyl groups is 6. The van der Waals surface area contributed by atoms with E-state index < -0.39 is 51.2 Å². The summed E-state index contributed by atoms with van der Waals surface area (Å²) < 4.78 is 27.4. The molecule has 0 aromatic carbocycles. The molecule has 0 bridgehead atoms. The summed E-state index contributed by atoms with van der Waals surface area (Å²) >= 11 is 0. The smallest absolute Gasteiger partial charge is 0.394 e. The van der Waals surface area contributed by atoms with Crippen molar-refractivity contribution in [3.8, 4) is 0 Å². The zero-order valence-electron chi connectivity index (χ0n) is 31.0. The summed E-state index contributed by atoms with van der Waals surface area (Å²) in [6.45, 7) is 4.22. The molecule has 1 amide bonds. The summed E-state index contributed by atoms with van der Waals surface area (Å²) in [5, 5.41) is 60.0. The van der Waals surface area contributed by atoms with Gasteiger partial charge < -0.3 is 45.6 Å². The number of amides is 1. The predicted octanol–water partition coefficient (Wildman–Crippen LogP) is 5.06. The van der Waals surface area contributed by atoms with Gasteiger partial charge in [0, 0.05) is 24.5 Å². The van der Waals surface area contributed by atoms with Crippen LogP contribution in [-0.2, 0) is 23.1 Å². The fraction of sp³-hybridized carbons (Fsp3) is 0.971. The Balaban J connectivity index is 1.91. The highest BCUT2D eigenvalue weighted by Gasteiger charge is 2.46. The van der Waals surface area contributed by atoms with Gasteiger partial charge in [-0.25, -0.2) is 4.57 Å². The van der Waals surface area contributed by atoms with E-state index in [-0.39, 0.29) is 25.0 Å². The molecule has 304 valence electrons. The van der Waals surface area contributed by atoms with Crippen LogP contribution in [0, 0.1) is 11.8 Å². The highest BCUT2D eigenvalue weighted by Crippen LogP contribution is 2.46. The third-order valence-electron chi connectivity index (χ3n) is 9.23. The predicted molar refractivity (Wildman–Crippen MR) is 203 cm³/mol. The first-order valence-corrected chi connectivity index (χ1v) is 23.1. The first-order valence-electron chi connectivity index (χ1n) is 19.2. The molecule has 51 heavy (non-hydrogen) atoms. The van der Waals surface area contributed by atoms with Gasteiger partial charge in [-0.05, 0) is 31.1 Å². The lowest BCUT2D eigenvalue weighted by molar-refractivity contribution is -0.281. The van der Waals surface area contributed by atoms with Gasteiger partial charge in [-0.15, -0.1) is 0 Å². The third kappa shape index (κ3) is 24.9. The van der Waals surface area contributed by atoms with E-state index in [1.54, 1.807) is 10.8 Å². The molecule has 1 aliphatic heterocycles. The summed E-state index contributed by atoms with van der Waals surface area (Å²) in [5.41, 5.74) is 0. The molecular formula is C35H70NO12PS2. The molecule has 8 N–H and O–H groups in total. The van der Waals surface area contributed by atoms with Crippen molar-refractivity contribution in [1.29, 1.82) is 0 Å². The van der Waals surface area contributed by atoms with Gasteiger partial charge in [-0.1, -0.05) is 125 Å². The topological polar surface area (TPSA) is 215 Å². The average molecular weight is 792 g/mol. The monoisotopic (exact) mass is 791 g/mol. The van der Waals surface area contributed by atoms with Crippen LogP contribution in [0.4, 0.5) is 0 Å². The first kappa shape index (κ1) is 49.0. The van der Waals surface area contributed by atoms with Gasteiger partial charge >= 0.3 is 7.82 Å². The number of phosphoric acid groups is 1. The minimum absolute atomic E-state index is 0.0215. The molecular weight excluding hydrogens is 721 g/mol. The van der Waals surface area contributed by atoms with E-state index in [2.05, 4.69) is 19.2 Å². The summed E-state index contributed by atoms with van der Waals surface area (Å²) in [6.07, 6.45) is 11.3. The lowest BCUT2D eigenvalue weighted by atomic mass is 9.93. The van der Waals surface area contributed by atoms with E-state index in [0.717, 1.165) is 50.8 Å². The lowest BCUT2D eigenvalue weighted by Crippen LogP contribution is -2.58. The summed E-state index contributed by atoms with van der Waals surface area (Å²) in [5.74, 6) is 2.43. The fourth-order valence-electron chi connectivity index (χ4n) is 5.84. The molecule has 1 aliphatic rings. The van der Waals surface area contributed by atoms with Crippen LogP contribution in [0.15, 0.2) is 0 Å². The number of aliphatic hydroxyl groups excluding tert-OH is 6. The lowest BCUT2D eigenvalue weighted by Gasteiger charge is -2.39. The summed E-state index contributed by atoms with van der Waals surface area (Å²) in [7, 11) is -1.44. The minimum atomic E-state index is -4.60. The van der Waals surface area contributed by atoms with Crippen molar-refractivity contribution in [1.82, 2.24) is 5.32 Å². The Labute approximate surface area is 314 Å². The van der Waals surface area contributed by atoms with Gasteiger partial charge in [0.25, 0.3) is 0 Å². The maximum absolute atomic E-state index is 12.3. The second-order valence-electron chi connectivity index (χ2n) is 14.1. The van der Waals surface area contributed by atoms with E-state index in [9.17, 15) is 39.8 Å². The molecule has 0 aromatic heterocycles. The Kier molecular flexibility index (Phi) is 29.1. The molecule has 1 fully saturated rings. The quantitative estimate of drug-likeness (QED) is 0.0248. The molecule has 1 saturated heterocycles. The van der Waals surface area contributed by atoms with Crippen molar-refractivity contribution in [3.05, 3.63) is 0 Å². The van der Waals surface area contributed by atoms with Gasteiger partial charge in [-0.2, -0.15) is 0 Å². The maximum atomic E-state index is 12.3. The van der Waals surface area contributed by atoms with E-state index in [1.807, 2.05) is 0 Å². The number of carbonyl (C=O) groups excluding carboxylic acids is 1. The van der Waals surface area contributed by atoms with Crippen LogP contribution in [-0.4, -0.2) is 116 Å². The second-order valence-corrected chi connectivity index (χ2v) is 18.1. The van der Waals surface area contributed by atoms with Crippen LogP contribution in [0.3, 0.4) is 0 Å². The molecule has 0 aliphatic carbocycles. The van der Waals surface area contributed by atoms with Gasteiger partial charge in [-0.3, -0.25) is 13.8 Å². The zero-order valence-corrected chi connectivity index (χ0v) is 33.6. The fourth-order valence-corrected chi connectivity index (χ4v) is 8.88. The number of carbonyl (C=O) groups is 1. The van der Waals surface area contributed by atoms with Crippen molar-refractivity contribution in [2.75, 3.05) is 37.9 Å². The highest BCUT2D eigenvalue weighted by atomic mass is 33.1. The molecule has 0 aromatic rings. The minimum Gasteiger partial charge on any atom is -0.394 e. The number of hydrogen-bond donors (Lipinski definition) is 8. The first-order chi connectivity index (χ1) is 24.4.